The van der Waals surface area contributed by atoms with Gasteiger partial charge in [0.05, 0.1) is 12.6 Å². The van der Waals surface area contributed by atoms with E-state index in [1.54, 1.807) is 0 Å². The van der Waals surface area contributed by atoms with Crippen LogP contribution in [0.3, 0.4) is 0 Å². The molecule has 0 rings (SSSR count). The molecule has 0 aliphatic carbocycles. The average molecular weight is 368 g/mol. The standard InChI is InChI=1S/C23H45NO2/c1-4-5-6-7-8-9-10-11-12-13-14-15-16-17-18-19-23(26)24-22(20-25)21(2)3/h11-12,21-22,25H,4-10,13-20H2,1-3H3,(H,24,26)/b12-11+/t22-/m1/s1. The first-order chi connectivity index (χ1) is 12.6. The summed E-state index contributed by atoms with van der Waals surface area (Å²) in [6.07, 6.45) is 21.8. The van der Waals surface area contributed by atoms with Crippen molar-refractivity contribution in [1.29, 1.82) is 0 Å². The zero-order valence-corrected chi connectivity index (χ0v) is 17.8. The van der Waals surface area contributed by atoms with E-state index in [0.717, 1.165) is 12.8 Å². The van der Waals surface area contributed by atoms with Crippen LogP contribution in [0.4, 0.5) is 0 Å². The maximum Gasteiger partial charge on any atom is 0.220 e. The normalized spacial score (nSPS) is 12.8. The fourth-order valence-corrected chi connectivity index (χ4v) is 3.06. The SMILES string of the molecule is CCCCCCCC/C=C/CCCCCCCC(=O)N[C@H](CO)C(C)C. The minimum absolute atomic E-state index is 0.0236. The number of amides is 1. The molecule has 0 saturated carbocycles. The molecule has 3 heteroatoms. The fourth-order valence-electron chi connectivity index (χ4n) is 3.06. The van der Waals surface area contributed by atoms with Crippen LogP contribution in [0.5, 0.6) is 0 Å². The van der Waals surface area contributed by atoms with E-state index in [0.29, 0.717) is 6.42 Å². The van der Waals surface area contributed by atoms with Gasteiger partial charge in [-0.25, -0.2) is 0 Å². The van der Waals surface area contributed by atoms with Crippen molar-refractivity contribution in [2.75, 3.05) is 6.61 Å². The number of hydrogen-bond acceptors (Lipinski definition) is 2. The van der Waals surface area contributed by atoms with E-state index in [-0.39, 0.29) is 24.5 Å². The van der Waals surface area contributed by atoms with Gasteiger partial charge >= 0.3 is 0 Å². The van der Waals surface area contributed by atoms with Crippen LogP contribution in [0.1, 0.15) is 111 Å². The Morgan fingerprint density at radius 2 is 1.35 bits per heavy atom. The van der Waals surface area contributed by atoms with Crippen molar-refractivity contribution in [3.8, 4) is 0 Å². The number of unbranched alkanes of at least 4 members (excludes halogenated alkanes) is 11. The van der Waals surface area contributed by atoms with Crippen LogP contribution in [0, 0.1) is 5.92 Å². The predicted octanol–water partition coefficient (Wildman–Crippen LogP) is 6.16. The molecule has 0 spiro atoms. The number of nitrogens with one attached hydrogen (secondary N) is 1. The summed E-state index contributed by atoms with van der Waals surface area (Å²) in [5, 5.41) is 12.1. The Hall–Kier alpha value is -0.830. The minimum Gasteiger partial charge on any atom is -0.394 e. The smallest absolute Gasteiger partial charge is 0.220 e. The molecule has 0 bridgehead atoms. The summed E-state index contributed by atoms with van der Waals surface area (Å²) in [6, 6.07) is -0.106. The second kappa shape index (κ2) is 18.9. The molecule has 1 amide bonds. The first-order valence-corrected chi connectivity index (χ1v) is 11.2. The molecule has 0 aliphatic rings. The zero-order chi connectivity index (χ0) is 19.5. The summed E-state index contributed by atoms with van der Waals surface area (Å²) in [6.45, 7) is 6.32. The van der Waals surface area contributed by atoms with Gasteiger partial charge in [0, 0.05) is 6.42 Å². The van der Waals surface area contributed by atoms with Crippen molar-refractivity contribution in [3.63, 3.8) is 0 Å². The lowest BCUT2D eigenvalue weighted by atomic mass is 10.0. The van der Waals surface area contributed by atoms with Gasteiger partial charge < -0.3 is 10.4 Å². The topological polar surface area (TPSA) is 49.3 Å². The predicted molar refractivity (Wildman–Crippen MR) is 113 cm³/mol. The molecule has 0 heterocycles. The highest BCUT2D eigenvalue weighted by Crippen LogP contribution is 2.10. The molecule has 0 fully saturated rings. The second-order valence-electron chi connectivity index (χ2n) is 7.93. The Labute approximate surface area is 163 Å². The van der Waals surface area contributed by atoms with Gasteiger partial charge in [-0.2, -0.15) is 0 Å². The molecule has 0 saturated heterocycles. The van der Waals surface area contributed by atoms with E-state index < -0.39 is 0 Å². The average Bonchev–Trinajstić information content (AvgIpc) is 2.62. The number of aliphatic hydroxyl groups is 1. The van der Waals surface area contributed by atoms with Crippen molar-refractivity contribution >= 4 is 5.91 Å². The van der Waals surface area contributed by atoms with Crippen LogP contribution < -0.4 is 5.32 Å². The van der Waals surface area contributed by atoms with Crippen molar-refractivity contribution in [1.82, 2.24) is 5.32 Å². The lowest BCUT2D eigenvalue weighted by Crippen LogP contribution is -2.41. The number of allylic oxidation sites excluding steroid dienone is 2. The highest BCUT2D eigenvalue weighted by Gasteiger charge is 2.14. The maximum absolute atomic E-state index is 11.8. The molecular formula is C23H45NO2. The summed E-state index contributed by atoms with van der Waals surface area (Å²) in [7, 11) is 0. The first kappa shape index (κ1) is 25.2. The third kappa shape index (κ3) is 16.6. The number of carbonyl (C=O) groups excluding carboxylic acids is 1. The molecule has 26 heavy (non-hydrogen) atoms. The van der Waals surface area contributed by atoms with Crippen molar-refractivity contribution in [2.24, 2.45) is 5.92 Å². The quantitative estimate of drug-likeness (QED) is 0.225. The van der Waals surface area contributed by atoms with Gasteiger partial charge in [0.1, 0.15) is 0 Å². The monoisotopic (exact) mass is 367 g/mol. The highest BCUT2D eigenvalue weighted by molar-refractivity contribution is 5.76. The number of hydrogen-bond donors (Lipinski definition) is 2. The molecule has 154 valence electrons. The second-order valence-corrected chi connectivity index (χ2v) is 7.93. The van der Waals surface area contributed by atoms with Crippen LogP contribution in [0.15, 0.2) is 12.2 Å². The molecule has 2 N–H and O–H groups in total. The van der Waals surface area contributed by atoms with Gasteiger partial charge in [0.2, 0.25) is 5.91 Å². The Balaban J connectivity index is 3.35. The van der Waals surface area contributed by atoms with Gasteiger partial charge in [-0.15, -0.1) is 0 Å². The Bertz CT molecular complexity index is 339. The largest absolute Gasteiger partial charge is 0.394 e. The summed E-state index contributed by atoms with van der Waals surface area (Å²) in [4.78, 5) is 11.8. The van der Waals surface area contributed by atoms with Crippen molar-refractivity contribution < 1.29 is 9.90 Å². The molecule has 0 aliphatic heterocycles. The molecule has 1 atom stereocenters. The number of aliphatic hydroxyl groups excluding tert-OH is 1. The number of rotatable bonds is 18. The van der Waals surface area contributed by atoms with Crippen LogP contribution >= 0.6 is 0 Å². The molecule has 0 aromatic heterocycles. The molecular weight excluding hydrogens is 322 g/mol. The lowest BCUT2D eigenvalue weighted by molar-refractivity contribution is -0.122. The molecule has 3 nitrogen and oxygen atoms in total. The third-order valence-corrected chi connectivity index (χ3v) is 5.01. The lowest BCUT2D eigenvalue weighted by Gasteiger charge is -2.19. The van der Waals surface area contributed by atoms with E-state index in [9.17, 15) is 9.90 Å². The van der Waals surface area contributed by atoms with Gasteiger partial charge in [-0.3, -0.25) is 4.79 Å². The van der Waals surface area contributed by atoms with E-state index in [1.807, 2.05) is 13.8 Å². The summed E-state index contributed by atoms with van der Waals surface area (Å²) in [5.74, 6) is 0.355. The van der Waals surface area contributed by atoms with E-state index in [2.05, 4.69) is 24.4 Å². The molecule has 0 radical (unpaired) electrons. The van der Waals surface area contributed by atoms with Crippen LogP contribution in [0.2, 0.25) is 0 Å². The molecule has 0 aromatic carbocycles. The van der Waals surface area contributed by atoms with Crippen LogP contribution in [0.25, 0.3) is 0 Å². The zero-order valence-electron chi connectivity index (χ0n) is 17.8. The molecule has 0 unspecified atom stereocenters. The minimum atomic E-state index is -0.106. The highest BCUT2D eigenvalue weighted by atomic mass is 16.3. The Morgan fingerprint density at radius 3 is 1.85 bits per heavy atom. The Kier molecular flexibility index (Phi) is 18.3. The van der Waals surface area contributed by atoms with Gasteiger partial charge in [-0.1, -0.05) is 84.3 Å². The Morgan fingerprint density at radius 1 is 0.846 bits per heavy atom. The summed E-state index contributed by atoms with van der Waals surface area (Å²) < 4.78 is 0. The van der Waals surface area contributed by atoms with E-state index in [1.165, 1.54) is 70.6 Å². The van der Waals surface area contributed by atoms with Gasteiger partial charge in [0.25, 0.3) is 0 Å². The van der Waals surface area contributed by atoms with E-state index in [4.69, 9.17) is 0 Å². The first-order valence-electron chi connectivity index (χ1n) is 11.2. The van der Waals surface area contributed by atoms with Gasteiger partial charge in [0.15, 0.2) is 0 Å². The van der Waals surface area contributed by atoms with E-state index >= 15 is 0 Å². The fraction of sp³-hybridized carbons (Fsp3) is 0.870. The van der Waals surface area contributed by atoms with Crippen molar-refractivity contribution in [2.45, 2.75) is 117 Å². The van der Waals surface area contributed by atoms with Crippen molar-refractivity contribution in [3.05, 3.63) is 12.2 Å². The summed E-state index contributed by atoms with van der Waals surface area (Å²) >= 11 is 0. The summed E-state index contributed by atoms with van der Waals surface area (Å²) in [5.41, 5.74) is 0. The van der Waals surface area contributed by atoms with Gasteiger partial charge in [-0.05, 0) is 38.0 Å². The van der Waals surface area contributed by atoms with Crippen LogP contribution in [-0.2, 0) is 4.79 Å². The molecule has 0 aromatic rings. The number of carbonyl (C=O) groups is 1. The maximum atomic E-state index is 11.8. The third-order valence-electron chi connectivity index (χ3n) is 5.01. The van der Waals surface area contributed by atoms with Crippen LogP contribution in [-0.4, -0.2) is 23.7 Å².